The molecule has 1 aliphatic rings. The number of sulfonamides is 1. The van der Waals surface area contributed by atoms with Crippen molar-refractivity contribution in [1.29, 1.82) is 0 Å². The van der Waals surface area contributed by atoms with Crippen LogP contribution in [0, 0.1) is 0 Å². The molecule has 0 atom stereocenters. The lowest BCUT2D eigenvalue weighted by Gasteiger charge is -2.26. The highest BCUT2D eigenvalue weighted by Gasteiger charge is 2.30. The van der Waals surface area contributed by atoms with Crippen molar-refractivity contribution in [2.45, 2.75) is 4.90 Å². The van der Waals surface area contributed by atoms with E-state index in [0.29, 0.717) is 30.3 Å². The fourth-order valence-corrected chi connectivity index (χ4v) is 5.73. The lowest BCUT2D eigenvalue weighted by molar-refractivity contribution is 0.395. The molecule has 0 unspecified atom stereocenters. The van der Waals surface area contributed by atoms with Crippen LogP contribution < -0.4 is 4.74 Å². The average molecular weight is 418 g/mol. The molecule has 0 saturated carbocycles. The third-order valence-corrected chi connectivity index (χ3v) is 7.31. The molecule has 2 aromatic carbocycles. The maximum atomic E-state index is 13.1. The van der Waals surface area contributed by atoms with E-state index in [1.165, 1.54) is 17.5 Å². The molecular weight excluding hydrogens is 398 g/mol. The Morgan fingerprint density at radius 2 is 1.68 bits per heavy atom. The molecule has 1 saturated heterocycles. The summed E-state index contributed by atoms with van der Waals surface area (Å²) in [6, 6.07) is 14.3. The van der Waals surface area contributed by atoms with Gasteiger partial charge < -0.3 is 9.15 Å². The molecule has 0 N–H and O–H groups in total. The zero-order valence-electron chi connectivity index (χ0n) is 15.2. The molecule has 146 valence electrons. The van der Waals surface area contributed by atoms with Crippen LogP contribution in [0.15, 0.2) is 57.8 Å². The van der Waals surface area contributed by atoms with Crippen LogP contribution in [-0.4, -0.2) is 54.6 Å². The van der Waals surface area contributed by atoms with Gasteiger partial charge in [0.15, 0.2) is 0 Å². The predicted molar refractivity (Wildman–Crippen MR) is 108 cm³/mol. The first kappa shape index (κ1) is 19.0. The van der Waals surface area contributed by atoms with E-state index in [1.54, 1.807) is 23.9 Å². The highest BCUT2D eigenvalue weighted by atomic mass is 32.2. The summed E-state index contributed by atoms with van der Waals surface area (Å²) in [4.78, 5) is 0.110. The van der Waals surface area contributed by atoms with Crippen LogP contribution in [0.1, 0.15) is 0 Å². The second kappa shape index (κ2) is 7.94. The molecule has 9 heteroatoms. The van der Waals surface area contributed by atoms with E-state index < -0.39 is 10.0 Å². The topological polar surface area (TPSA) is 85.5 Å². The van der Waals surface area contributed by atoms with Gasteiger partial charge in [-0.25, -0.2) is 8.42 Å². The molecular formula is C19H19N3O4S2. The summed E-state index contributed by atoms with van der Waals surface area (Å²) in [5, 5.41) is 8.16. The van der Waals surface area contributed by atoms with Gasteiger partial charge in [-0.15, -0.1) is 10.2 Å². The van der Waals surface area contributed by atoms with Crippen molar-refractivity contribution in [2.24, 2.45) is 0 Å². The smallest absolute Gasteiger partial charge is 0.248 e. The normalized spacial score (nSPS) is 15.5. The Hall–Kier alpha value is -2.36. The Morgan fingerprint density at radius 3 is 2.36 bits per heavy atom. The summed E-state index contributed by atoms with van der Waals surface area (Å²) >= 11 is 1.75. The van der Waals surface area contributed by atoms with Crippen molar-refractivity contribution in [2.75, 3.05) is 31.7 Å². The molecule has 4 rings (SSSR count). The fraction of sp³-hybridized carbons (Fsp3) is 0.263. The predicted octanol–water partition coefficient (Wildman–Crippen LogP) is 3.15. The zero-order valence-corrected chi connectivity index (χ0v) is 16.9. The molecule has 1 fully saturated rings. The van der Waals surface area contributed by atoms with Gasteiger partial charge in [0, 0.05) is 35.7 Å². The average Bonchev–Trinajstić information content (AvgIpc) is 3.25. The fourth-order valence-electron chi connectivity index (χ4n) is 2.97. The van der Waals surface area contributed by atoms with Crippen LogP contribution in [0.5, 0.6) is 5.75 Å². The van der Waals surface area contributed by atoms with Gasteiger partial charge in [-0.3, -0.25) is 0 Å². The zero-order chi connectivity index (χ0) is 19.6. The van der Waals surface area contributed by atoms with E-state index in [-0.39, 0.29) is 10.8 Å². The van der Waals surface area contributed by atoms with Crippen molar-refractivity contribution in [3.8, 4) is 28.7 Å². The quantitative estimate of drug-likeness (QED) is 0.630. The van der Waals surface area contributed by atoms with E-state index in [0.717, 1.165) is 17.1 Å². The van der Waals surface area contributed by atoms with Gasteiger partial charge in [0.05, 0.1) is 7.11 Å². The van der Waals surface area contributed by atoms with Crippen molar-refractivity contribution < 1.29 is 17.6 Å². The van der Waals surface area contributed by atoms with Crippen LogP contribution in [0.4, 0.5) is 0 Å². The molecule has 3 aromatic rings. The Morgan fingerprint density at radius 1 is 1.00 bits per heavy atom. The lowest BCUT2D eigenvalue weighted by atomic mass is 10.2. The molecule has 7 nitrogen and oxygen atoms in total. The minimum Gasteiger partial charge on any atom is -0.495 e. The number of thioether (sulfide) groups is 1. The minimum atomic E-state index is -3.68. The van der Waals surface area contributed by atoms with Gasteiger partial charge in [0.1, 0.15) is 10.6 Å². The standard InChI is InChI=1S/C19H19N3O4S2/c1-25-16-8-7-15(13-17(16)28(23,24)22-9-11-27-12-10-22)19-21-20-18(26-19)14-5-3-2-4-6-14/h2-8,13H,9-12H2,1H3. The van der Waals surface area contributed by atoms with Gasteiger partial charge in [-0.2, -0.15) is 16.1 Å². The van der Waals surface area contributed by atoms with E-state index in [9.17, 15) is 8.42 Å². The van der Waals surface area contributed by atoms with E-state index in [1.807, 2.05) is 30.3 Å². The van der Waals surface area contributed by atoms with Crippen molar-refractivity contribution in [1.82, 2.24) is 14.5 Å². The molecule has 1 aromatic heterocycles. The Labute approximate surface area is 167 Å². The Kier molecular flexibility index (Phi) is 5.38. The molecule has 2 heterocycles. The van der Waals surface area contributed by atoms with Crippen LogP contribution in [-0.2, 0) is 10.0 Å². The van der Waals surface area contributed by atoms with Crippen molar-refractivity contribution in [3.63, 3.8) is 0 Å². The number of methoxy groups -OCH3 is 1. The van der Waals surface area contributed by atoms with Crippen LogP contribution >= 0.6 is 11.8 Å². The summed E-state index contributed by atoms with van der Waals surface area (Å²) < 4.78 is 38.9. The highest BCUT2D eigenvalue weighted by Crippen LogP contribution is 2.33. The molecule has 1 aliphatic heterocycles. The Bertz CT molecular complexity index is 1060. The number of rotatable bonds is 5. The van der Waals surface area contributed by atoms with Gasteiger partial charge in [0.25, 0.3) is 0 Å². The number of benzene rings is 2. The molecule has 0 aliphatic carbocycles. The van der Waals surface area contributed by atoms with Crippen LogP contribution in [0.2, 0.25) is 0 Å². The Balaban J connectivity index is 1.72. The van der Waals surface area contributed by atoms with Crippen LogP contribution in [0.3, 0.4) is 0 Å². The van der Waals surface area contributed by atoms with E-state index in [4.69, 9.17) is 9.15 Å². The first-order valence-corrected chi connectivity index (χ1v) is 11.3. The van der Waals surface area contributed by atoms with Crippen LogP contribution in [0.25, 0.3) is 22.9 Å². The second-order valence-electron chi connectivity index (χ2n) is 6.16. The molecule has 28 heavy (non-hydrogen) atoms. The summed E-state index contributed by atoms with van der Waals surface area (Å²) in [6.45, 7) is 0.970. The molecule has 0 amide bonds. The van der Waals surface area contributed by atoms with Gasteiger partial charge in [-0.05, 0) is 30.3 Å². The third-order valence-electron chi connectivity index (χ3n) is 4.44. The summed E-state index contributed by atoms with van der Waals surface area (Å²) in [7, 11) is -2.22. The number of nitrogens with zero attached hydrogens (tertiary/aromatic N) is 3. The number of ether oxygens (including phenoxy) is 1. The molecule has 0 bridgehead atoms. The van der Waals surface area contributed by atoms with Gasteiger partial charge in [0.2, 0.25) is 21.8 Å². The van der Waals surface area contributed by atoms with Crippen molar-refractivity contribution in [3.05, 3.63) is 48.5 Å². The highest BCUT2D eigenvalue weighted by molar-refractivity contribution is 7.99. The number of aromatic nitrogens is 2. The summed E-state index contributed by atoms with van der Waals surface area (Å²) in [6.07, 6.45) is 0. The lowest BCUT2D eigenvalue weighted by Crippen LogP contribution is -2.38. The summed E-state index contributed by atoms with van der Waals surface area (Å²) in [5.41, 5.74) is 1.33. The van der Waals surface area contributed by atoms with Crippen molar-refractivity contribution >= 4 is 21.8 Å². The number of hydrogen-bond donors (Lipinski definition) is 0. The molecule has 0 spiro atoms. The largest absolute Gasteiger partial charge is 0.495 e. The second-order valence-corrected chi connectivity index (χ2v) is 9.29. The van der Waals surface area contributed by atoms with Gasteiger partial charge >= 0.3 is 0 Å². The monoisotopic (exact) mass is 417 g/mol. The van der Waals surface area contributed by atoms with E-state index >= 15 is 0 Å². The third kappa shape index (κ3) is 3.65. The minimum absolute atomic E-state index is 0.110. The molecule has 0 radical (unpaired) electrons. The summed E-state index contributed by atoms with van der Waals surface area (Å²) in [5.74, 6) is 2.50. The SMILES string of the molecule is COc1ccc(-c2nnc(-c3ccccc3)o2)cc1S(=O)(=O)N1CCSCC1. The maximum absolute atomic E-state index is 13.1. The number of hydrogen-bond acceptors (Lipinski definition) is 7. The van der Waals surface area contributed by atoms with E-state index in [2.05, 4.69) is 10.2 Å². The first-order chi connectivity index (χ1) is 13.6. The van der Waals surface area contributed by atoms with Gasteiger partial charge in [-0.1, -0.05) is 18.2 Å². The first-order valence-electron chi connectivity index (χ1n) is 8.75. The maximum Gasteiger partial charge on any atom is 0.248 e.